The van der Waals surface area contributed by atoms with Gasteiger partial charge >= 0.3 is 0 Å². The lowest BCUT2D eigenvalue weighted by molar-refractivity contribution is -0.525. The molecule has 0 radical (unpaired) electrons. The van der Waals surface area contributed by atoms with Crippen LogP contribution in [0, 0.1) is 10.1 Å². The first-order valence-corrected chi connectivity index (χ1v) is 3.23. The Kier molecular flexibility index (Phi) is 2.20. The van der Waals surface area contributed by atoms with Gasteiger partial charge in [0.15, 0.2) is 10.9 Å². The molecule has 10 heavy (non-hydrogen) atoms. The van der Waals surface area contributed by atoms with Gasteiger partial charge in [0.05, 0.1) is 0 Å². The van der Waals surface area contributed by atoms with Crippen LogP contribution >= 0.6 is 0 Å². The summed E-state index contributed by atoms with van der Waals surface area (Å²) in [5.74, 6) is 0.510. The molecule has 1 heterocycles. The fourth-order valence-corrected chi connectivity index (χ4v) is 0.894. The molecule has 5 heteroatoms. The quantitative estimate of drug-likeness (QED) is 0.425. The Morgan fingerprint density at radius 1 is 1.60 bits per heavy atom. The molecule has 1 N–H and O–H groups in total. The summed E-state index contributed by atoms with van der Waals surface area (Å²) in [4.78, 5) is 13.8. The van der Waals surface area contributed by atoms with E-state index in [0.717, 1.165) is 19.4 Å². The van der Waals surface area contributed by atoms with Gasteiger partial charge in [0.25, 0.3) is 0 Å². The van der Waals surface area contributed by atoms with E-state index >= 15 is 0 Å². The van der Waals surface area contributed by atoms with Gasteiger partial charge in [-0.2, -0.15) is 0 Å². The van der Waals surface area contributed by atoms with Crippen LogP contribution in [0.1, 0.15) is 19.3 Å². The van der Waals surface area contributed by atoms with Crippen molar-refractivity contribution in [3.05, 3.63) is 10.1 Å². The van der Waals surface area contributed by atoms with Gasteiger partial charge < -0.3 is 0 Å². The highest BCUT2D eigenvalue weighted by Crippen LogP contribution is 2.03. The third-order valence-corrected chi connectivity index (χ3v) is 1.34. The maximum atomic E-state index is 9.88. The van der Waals surface area contributed by atoms with E-state index in [1.54, 1.807) is 0 Å². The number of aliphatic imine (C=N–C) groups is 1. The molecular formula is C5H9N3O2. The molecule has 5 nitrogen and oxygen atoms in total. The Bertz CT molecular complexity index is 166. The molecule has 1 aliphatic rings. The fraction of sp³-hybridized carbons (Fsp3) is 0.800. The van der Waals surface area contributed by atoms with Crippen molar-refractivity contribution in [3.8, 4) is 0 Å². The number of nitro groups is 1. The molecule has 1 rings (SSSR count). The summed E-state index contributed by atoms with van der Waals surface area (Å²) < 4.78 is 0. The molecule has 56 valence electrons. The van der Waals surface area contributed by atoms with E-state index in [1.165, 1.54) is 0 Å². The highest BCUT2D eigenvalue weighted by atomic mass is 16.7. The Hall–Kier alpha value is -1.13. The number of rotatable bonds is 1. The highest BCUT2D eigenvalue weighted by molar-refractivity contribution is 5.81. The van der Waals surface area contributed by atoms with Crippen molar-refractivity contribution in [2.24, 2.45) is 4.99 Å². The zero-order valence-electron chi connectivity index (χ0n) is 5.54. The Labute approximate surface area is 58.3 Å². The van der Waals surface area contributed by atoms with Crippen LogP contribution in [0.2, 0.25) is 0 Å². The Balaban J connectivity index is 2.38. The smallest absolute Gasteiger partial charge is 0.163 e. The SMILES string of the molecule is O=[N+]([O-])NC1=NCCCC1. The van der Waals surface area contributed by atoms with Gasteiger partial charge in [-0.25, -0.2) is 10.1 Å². The number of nitrogens with zero attached hydrogens (tertiary/aromatic N) is 2. The van der Waals surface area contributed by atoms with E-state index in [-0.39, 0.29) is 0 Å². The minimum absolute atomic E-state index is 0.510. The lowest BCUT2D eigenvalue weighted by Crippen LogP contribution is -2.30. The molecule has 0 saturated heterocycles. The molecule has 0 fully saturated rings. The number of nitrogens with one attached hydrogen (secondary N) is 1. The summed E-state index contributed by atoms with van der Waals surface area (Å²) in [6, 6.07) is 0. The zero-order valence-corrected chi connectivity index (χ0v) is 5.54. The van der Waals surface area contributed by atoms with Crippen LogP contribution in [-0.2, 0) is 0 Å². The molecule has 0 atom stereocenters. The van der Waals surface area contributed by atoms with Gasteiger partial charge in [-0.3, -0.25) is 4.99 Å². The van der Waals surface area contributed by atoms with Gasteiger partial charge in [-0.15, -0.1) is 0 Å². The van der Waals surface area contributed by atoms with Crippen LogP contribution in [0.3, 0.4) is 0 Å². The first-order chi connectivity index (χ1) is 4.79. The van der Waals surface area contributed by atoms with E-state index in [9.17, 15) is 10.1 Å². The molecule has 0 unspecified atom stereocenters. The van der Waals surface area contributed by atoms with Crippen molar-refractivity contribution in [3.63, 3.8) is 0 Å². The summed E-state index contributed by atoms with van der Waals surface area (Å²) in [6.07, 6.45) is 2.75. The van der Waals surface area contributed by atoms with E-state index in [2.05, 4.69) is 10.4 Å². The number of hydrogen-bond donors (Lipinski definition) is 1. The van der Waals surface area contributed by atoms with Crippen molar-refractivity contribution >= 4 is 5.84 Å². The Morgan fingerprint density at radius 2 is 2.40 bits per heavy atom. The molecule has 0 spiro atoms. The molecule has 1 aliphatic heterocycles. The van der Waals surface area contributed by atoms with Crippen molar-refractivity contribution in [2.45, 2.75) is 19.3 Å². The van der Waals surface area contributed by atoms with Crippen LogP contribution in [0.15, 0.2) is 4.99 Å². The predicted molar refractivity (Wildman–Crippen MR) is 36.3 cm³/mol. The van der Waals surface area contributed by atoms with Gasteiger partial charge in [-0.1, -0.05) is 5.43 Å². The van der Waals surface area contributed by atoms with E-state index in [0.29, 0.717) is 12.3 Å². The lowest BCUT2D eigenvalue weighted by Gasteiger charge is -2.07. The maximum Gasteiger partial charge on any atom is 0.163 e. The molecule has 0 aromatic carbocycles. The largest absolute Gasteiger partial charge is 0.268 e. The number of hydrogen-bond acceptors (Lipinski definition) is 3. The first-order valence-electron chi connectivity index (χ1n) is 3.23. The topological polar surface area (TPSA) is 67.5 Å². The molecule has 0 aromatic heterocycles. The lowest BCUT2D eigenvalue weighted by atomic mass is 10.2. The van der Waals surface area contributed by atoms with E-state index in [4.69, 9.17) is 0 Å². The third-order valence-electron chi connectivity index (χ3n) is 1.34. The number of hydrazine groups is 1. The summed E-state index contributed by atoms with van der Waals surface area (Å²) in [7, 11) is 0. The van der Waals surface area contributed by atoms with Crippen LogP contribution in [0.4, 0.5) is 0 Å². The van der Waals surface area contributed by atoms with Gasteiger partial charge in [0.1, 0.15) is 0 Å². The van der Waals surface area contributed by atoms with Crippen molar-refractivity contribution in [1.29, 1.82) is 0 Å². The third kappa shape index (κ3) is 2.00. The summed E-state index contributed by atoms with van der Waals surface area (Å²) >= 11 is 0. The minimum atomic E-state index is -0.565. The fourth-order valence-electron chi connectivity index (χ4n) is 0.894. The molecule has 0 amide bonds. The van der Waals surface area contributed by atoms with Gasteiger partial charge in [0.2, 0.25) is 0 Å². The van der Waals surface area contributed by atoms with Crippen LogP contribution in [-0.4, -0.2) is 17.4 Å². The monoisotopic (exact) mass is 143 g/mol. The van der Waals surface area contributed by atoms with E-state index < -0.39 is 5.03 Å². The summed E-state index contributed by atoms with van der Waals surface area (Å²) in [5.41, 5.74) is 2.05. The normalized spacial score (nSPS) is 17.8. The molecule has 0 bridgehead atoms. The second-order valence-electron chi connectivity index (χ2n) is 2.15. The zero-order chi connectivity index (χ0) is 7.40. The standard InChI is InChI=1S/C5H9N3O2/c9-8(10)7-5-3-1-2-4-6-5/h1-4H2,(H,6,7). The molecule has 0 saturated carbocycles. The van der Waals surface area contributed by atoms with Crippen molar-refractivity contribution in [2.75, 3.05) is 6.54 Å². The molecule has 0 aromatic rings. The first kappa shape index (κ1) is 6.98. The second-order valence-corrected chi connectivity index (χ2v) is 2.15. The van der Waals surface area contributed by atoms with Crippen LogP contribution < -0.4 is 5.43 Å². The van der Waals surface area contributed by atoms with Gasteiger partial charge in [0, 0.05) is 13.0 Å². The number of amidine groups is 1. The minimum Gasteiger partial charge on any atom is -0.268 e. The van der Waals surface area contributed by atoms with Crippen LogP contribution in [0.25, 0.3) is 0 Å². The Morgan fingerprint density at radius 3 is 2.90 bits per heavy atom. The molecular weight excluding hydrogens is 134 g/mol. The summed E-state index contributed by atoms with van der Waals surface area (Å²) in [6.45, 7) is 0.718. The molecule has 0 aliphatic carbocycles. The highest BCUT2D eigenvalue weighted by Gasteiger charge is 2.08. The average Bonchev–Trinajstić information content (AvgIpc) is 1.88. The van der Waals surface area contributed by atoms with Gasteiger partial charge in [-0.05, 0) is 12.8 Å². The maximum absolute atomic E-state index is 9.88. The average molecular weight is 143 g/mol. The van der Waals surface area contributed by atoms with Crippen LogP contribution in [0.5, 0.6) is 0 Å². The summed E-state index contributed by atoms with van der Waals surface area (Å²) in [5, 5.41) is 9.32. The van der Waals surface area contributed by atoms with E-state index in [1.807, 2.05) is 0 Å². The van der Waals surface area contributed by atoms with Crippen molar-refractivity contribution in [1.82, 2.24) is 5.43 Å². The van der Waals surface area contributed by atoms with Crippen molar-refractivity contribution < 1.29 is 5.03 Å². The predicted octanol–water partition coefficient (Wildman–Crippen LogP) is 0.350. The second kappa shape index (κ2) is 3.14.